The molecule has 82 valence electrons. The lowest BCUT2D eigenvalue weighted by Gasteiger charge is -2.12. The van der Waals surface area contributed by atoms with E-state index in [-0.39, 0.29) is 16.9 Å². The number of alkyl halides is 3. The van der Waals surface area contributed by atoms with E-state index in [9.17, 15) is 18.0 Å². The first-order chi connectivity index (χ1) is 6.73. The third-order valence-electron chi connectivity index (χ3n) is 2.06. The number of rotatable bonds is 1. The third-order valence-corrected chi connectivity index (χ3v) is 2.88. The lowest BCUT2D eigenvalue weighted by Crippen LogP contribution is -2.09. The monoisotopic (exact) mass is 280 g/mol. The van der Waals surface area contributed by atoms with Crippen LogP contribution < -0.4 is 0 Å². The Morgan fingerprint density at radius 3 is 2.27 bits per heavy atom. The van der Waals surface area contributed by atoms with Crippen molar-refractivity contribution in [2.24, 2.45) is 0 Å². The normalized spacial score (nSPS) is 11.6. The number of carbonyl (C=O) groups is 1. The fraction of sp³-hybridized carbons (Fsp3) is 0.300. The maximum atomic E-state index is 12.5. The van der Waals surface area contributed by atoms with Crippen molar-refractivity contribution in [1.82, 2.24) is 0 Å². The van der Waals surface area contributed by atoms with Crippen molar-refractivity contribution in [2.45, 2.75) is 20.0 Å². The van der Waals surface area contributed by atoms with Gasteiger partial charge in [-0.3, -0.25) is 4.79 Å². The molecule has 0 aromatic heterocycles. The van der Waals surface area contributed by atoms with Gasteiger partial charge in [-0.15, -0.1) is 0 Å². The fourth-order valence-corrected chi connectivity index (χ4v) is 1.64. The first kappa shape index (κ1) is 12.2. The molecule has 1 rings (SSSR count). The van der Waals surface area contributed by atoms with Crippen LogP contribution in [0.5, 0.6) is 0 Å². The molecule has 1 aromatic rings. The minimum Gasteiger partial charge on any atom is -0.295 e. The van der Waals surface area contributed by atoms with Gasteiger partial charge in [-0.25, -0.2) is 0 Å². The summed E-state index contributed by atoms with van der Waals surface area (Å²) in [6.07, 6.45) is -4.43. The Balaban J connectivity index is 3.45. The van der Waals surface area contributed by atoms with E-state index in [2.05, 4.69) is 15.9 Å². The second-order valence-corrected chi connectivity index (χ2v) is 4.04. The van der Waals surface area contributed by atoms with E-state index in [1.165, 1.54) is 19.9 Å². The summed E-state index contributed by atoms with van der Waals surface area (Å²) in [5.74, 6) is -0.388. The Bertz CT molecular complexity index is 410. The van der Waals surface area contributed by atoms with Crippen molar-refractivity contribution in [2.75, 3.05) is 0 Å². The summed E-state index contributed by atoms with van der Waals surface area (Å²) in [7, 11) is 0. The van der Waals surface area contributed by atoms with E-state index in [0.717, 1.165) is 6.07 Å². The number of halogens is 4. The molecule has 0 aliphatic rings. The number of hydrogen-bond acceptors (Lipinski definition) is 1. The Morgan fingerprint density at radius 1 is 1.33 bits per heavy atom. The Kier molecular flexibility index (Phi) is 3.23. The second-order valence-electron chi connectivity index (χ2n) is 3.18. The summed E-state index contributed by atoms with van der Waals surface area (Å²) in [6, 6.07) is 2.27. The van der Waals surface area contributed by atoms with Crippen LogP contribution in [0.25, 0.3) is 0 Å². The second kappa shape index (κ2) is 3.96. The molecule has 0 fully saturated rings. The first-order valence-corrected chi connectivity index (χ1v) is 4.91. The molecule has 0 saturated carbocycles. The van der Waals surface area contributed by atoms with Crippen molar-refractivity contribution in [1.29, 1.82) is 0 Å². The number of carbonyl (C=O) groups excluding carboxylic acids is 1. The zero-order valence-electron chi connectivity index (χ0n) is 8.07. The van der Waals surface area contributed by atoms with E-state index in [4.69, 9.17) is 0 Å². The summed E-state index contributed by atoms with van der Waals surface area (Å²) in [6.45, 7) is 2.59. The third kappa shape index (κ3) is 2.59. The molecule has 5 heteroatoms. The van der Waals surface area contributed by atoms with Gasteiger partial charge in [0.25, 0.3) is 0 Å². The van der Waals surface area contributed by atoms with Gasteiger partial charge in [0.1, 0.15) is 0 Å². The summed E-state index contributed by atoms with van der Waals surface area (Å²) >= 11 is 3.01. The van der Waals surface area contributed by atoms with Gasteiger partial charge in [-0.2, -0.15) is 13.2 Å². The summed E-state index contributed by atoms with van der Waals surface area (Å²) in [5.41, 5.74) is -0.630. The largest absolute Gasteiger partial charge is 0.416 e. The molecule has 0 radical (unpaired) electrons. The maximum Gasteiger partial charge on any atom is 0.416 e. The molecular weight excluding hydrogens is 273 g/mol. The molecule has 0 spiro atoms. The highest BCUT2D eigenvalue weighted by Crippen LogP contribution is 2.35. The van der Waals surface area contributed by atoms with Gasteiger partial charge < -0.3 is 0 Å². The molecular formula is C10H8BrF3O. The Morgan fingerprint density at radius 2 is 1.87 bits per heavy atom. The first-order valence-electron chi connectivity index (χ1n) is 4.11. The number of Topliss-reactive ketones (excluding diaryl/α,β-unsaturated/α-hetero) is 1. The van der Waals surface area contributed by atoms with Crippen LogP contribution >= 0.6 is 15.9 Å². The fourth-order valence-electron chi connectivity index (χ4n) is 1.18. The maximum absolute atomic E-state index is 12.5. The minimum atomic E-state index is -4.43. The lowest BCUT2D eigenvalue weighted by atomic mass is 10.0. The predicted molar refractivity (Wildman–Crippen MR) is 53.9 cm³/mol. The van der Waals surface area contributed by atoms with Gasteiger partial charge in [0.05, 0.1) is 5.56 Å². The van der Waals surface area contributed by atoms with Crippen LogP contribution in [0.4, 0.5) is 13.2 Å². The van der Waals surface area contributed by atoms with Crippen LogP contribution in [0, 0.1) is 6.92 Å². The molecule has 0 aliphatic heterocycles. The van der Waals surface area contributed by atoms with Gasteiger partial charge in [0.2, 0.25) is 0 Å². The van der Waals surface area contributed by atoms with Gasteiger partial charge in [0, 0.05) is 10.0 Å². The van der Waals surface area contributed by atoms with Crippen LogP contribution in [0.15, 0.2) is 16.6 Å². The highest BCUT2D eigenvalue weighted by atomic mass is 79.9. The Hall–Kier alpha value is -0.840. The molecule has 0 bridgehead atoms. The topological polar surface area (TPSA) is 17.1 Å². The zero-order chi connectivity index (χ0) is 11.8. The van der Waals surface area contributed by atoms with E-state index in [1.807, 2.05) is 0 Å². The minimum absolute atomic E-state index is 0.0554. The van der Waals surface area contributed by atoms with Crippen LogP contribution in [0.3, 0.4) is 0 Å². The SMILES string of the molecule is CC(=O)c1cc(Br)c(C)c(C(F)(F)F)c1. The molecule has 0 atom stereocenters. The van der Waals surface area contributed by atoms with Crippen LogP contribution in [0.2, 0.25) is 0 Å². The molecule has 0 amide bonds. The standard InChI is InChI=1S/C10H8BrF3O/c1-5-8(10(12,13)14)3-7(6(2)15)4-9(5)11/h3-4H,1-2H3. The molecule has 0 N–H and O–H groups in total. The molecule has 0 aliphatic carbocycles. The average molecular weight is 281 g/mol. The van der Waals surface area contributed by atoms with Crippen LogP contribution in [-0.2, 0) is 6.18 Å². The van der Waals surface area contributed by atoms with Crippen LogP contribution in [0.1, 0.15) is 28.4 Å². The molecule has 15 heavy (non-hydrogen) atoms. The molecule has 0 unspecified atom stereocenters. The smallest absolute Gasteiger partial charge is 0.295 e. The van der Waals surface area contributed by atoms with E-state index in [1.54, 1.807) is 0 Å². The van der Waals surface area contributed by atoms with Crippen molar-refractivity contribution in [3.05, 3.63) is 33.3 Å². The van der Waals surface area contributed by atoms with Gasteiger partial charge in [0.15, 0.2) is 5.78 Å². The molecule has 1 aromatic carbocycles. The van der Waals surface area contributed by atoms with Crippen molar-refractivity contribution >= 4 is 21.7 Å². The van der Waals surface area contributed by atoms with E-state index < -0.39 is 11.7 Å². The van der Waals surface area contributed by atoms with Crippen molar-refractivity contribution in [3.63, 3.8) is 0 Å². The predicted octanol–water partition coefficient (Wildman–Crippen LogP) is 3.98. The summed E-state index contributed by atoms with van der Waals surface area (Å²) < 4.78 is 37.9. The zero-order valence-corrected chi connectivity index (χ0v) is 9.66. The lowest BCUT2D eigenvalue weighted by molar-refractivity contribution is -0.138. The summed E-state index contributed by atoms with van der Waals surface area (Å²) in [4.78, 5) is 11.0. The highest BCUT2D eigenvalue weighted by molar-refractivity contribution is 9.10. The van der Waals surface area contributed by atoms with E-state index in [0.29, 0.717) is 4.47 Å². The highest BCUT2D eigenvalue weighted by Gasteiger charge is 2.33. The Labute approximate surface area is 93.4 Å². The van der Waals surface area contributed by atoms with Gasteiger partial charge in [-0.1, -0.05) is 15.9 Å². The summed E-state index contributed by atoms with van der Waals surface area (Å²) in [5, 5.41) is 0. The van der Waals surface area contributed by atoms with Crippen molar-refractivity contribution in [3.8, 4) is 0 Å². The van der Waals surface area contributed by atoms with Gasteiger partial charge in [-0.05, 0) is 31.5 Å². The molecule has 0 saturated heterocycles. The van der Waals surface area contributed by atoms with Crippen molar-refractivity contribution < 1.29 is 18.0 Å². The molecule has 1 nitrogen and oxygen atoms in total. The quantitative estimate of drug-likeness (QED) is 0.711. The average Bonchev–Trinajstić information content (AvgIpc) is 2.06. The number of benzene rings is 1. The van der Waals surface area contributed by atoms with Gasteiger partial charge >= 0.3 is 6.18 Å². The molecule has 0 heterocycles. The number of ketones is 1. The van der Waals surface area contributed by atoms with Crippen LogP contribution in [-0.4, -0.2) is 5.78 Å². The van der Waals surface area contributed by atoms with E-state index >= 15 is 0 Å². The number of hydrogen-bond donors (Lipinski definition) is 0.